The number of rotatable bonds is 5. The summed E-state index contributed by atoms with van der Waals surface area (Å²) in [7, 11) is 0. The minimum atomic E-state index is -1.14. The Kier molecular flexibility index (Phi) is 4.00. The van der Waals surface area contributed by atoms with Crippen molar-refractivity contribution in [2.24, 2.45) is 11.1 Å². The Morgan fingerprint density at radius 2 is 2.45 bits per heavy atom. The number of nitrogens with one attached hydrogen (secondary N) is 1. The highest BCUT2D eigenvalue weighted by molar-refractivity contribution is 5.92. The minimum absolute atomic E-state index is 0.0626. The van der Waals surface area contributed by atoms with E-state index in [1.54, 1.807) is 6.92 Å². The van der Waals surface area contributed by atoms with E-state index in [2.05, 4.69) is 15.6 Å². The van der Waals surface area contributed by atoms with Gasteiger partial charge in [0.25, 0.3) is 5.91 Å². The first-order valence-electron chi connectivity index (χ1n) is 6.19. The predicted molar refractivity (Wildman–Crippen MR) is 66.9 cm³/mol. The molecule has 110 valence electrons. The normalized spacial score (nSPS) is 25.6. The molecule has 2 heterocycles. The summed E-state index contributed by atoms with van der Waals surface area (Å²) in [5, 5.41) is 19.3. The Labute approximate surface area is 115 Å². The second kappa shape index (κ2) is 5.55. The molecule has 4 N–H and O–H groups in total. The molecule has 2 unspecified atom stereocenters. The zero-order valence-corrected chi connectivity index (χ0v) is 11.1. The number of amides is 1. The highest BCUT2D eigenvalue weighted by Gasteiger charge is 2.47. The molecule has 1 saturated heterocycles. The van der Waals surface area contributed by atoms with Crippen molar-refractivity contribution in [1.29, 1.82) is 0 Å². The number of nitrogens with zero attached hydrogens (tertiary/aromatic N) is 3. The lowest BCUT2D eigenvalue weighted by Crippen LogP contribution is -2.49. The summed E-state index contributed by atoms with van der Waals surface area (Å²) >= 11 is 0. The molecule has 0 aliphatic carbocycles. The average Bonchev–Trinajstić information content (AvgIpc) is 2.99. The topological polar surface area (TPSA) is 132 Å². The van der Waals surface area contributed by atoms with Crippen molar-refractivity contribution in [3.63, 3.8) is 0 Å². The third kappa shape index (κ3) is 2.63. The number of aromatic nitrogens is 3. The fraction of sp³-hybridized carbons (Fsp3) is 0.636. The van der Waals surface area contributed by atoms with E-state index in [0.29, 0.717) is 13.1 Å². The van der Waals surface area contributed by atoms with Crippen molar-refractivity contribution in [2.45, 2.75) is 19.5 Å². The Bertz CT molecular complexity index is 517. The number of carboxylic acid groups (broad SMARTS) is 1. The van der Waals surface area contributed by atoms with Crippen molar-refractivity contribution >= 4 is 11.9 Å². The molecule has 0 radical (unpaired) electrons. The first-order chi connectivity index (χ1) is 9.47. The SMILES string of the molecule is CC1(C(=O)O)COCC1NC(=O)c1cn(CCN)nn1. The molecule has 0 saturated carbocycles. The predicted octanol–water partition coefficient (Wildman–Crippen LogP) is -1.54. The number of ether oxygens (including phenoxy) is 1. The third-order valence-corrected chi connectivity index (χ3v) is 3.38. The van der Waals surface area contributed by atoms with Crippen LogP contribution in [0.3, 0.4) is 0 Å². The number of carboxylic acids is 1. The quantitative estimate of drug-likeness (QED) is 0.596. The zero-order valence-electron chi connectivity index (χ0n) is 11.1. The number of hydrogen-bond donors (Lipinski definition) is 3. The smallest absolute Gasteiger partial charge is 0.313 e. The van der Waals surface area contributed by atoms with Crippen LogP contribution in [0.5, 0.6) is 0 Å². The van der Waals surface area contributed by atoms with E-state index in [9.17, 15) is 14.7 Å². The van der Waals surface area contributed by atoms with Gasteiger partial charge in [0.2, 0.25) is 0 Å². The molecule has 0 aromatic carbocycles. The summed E-state index contributed by atoms with van der Waals surface area (Å²) in [6, 6.07) is -0.604. The molecule has 20 heavy (non-hydrogen) atoms. The van der Waals surface area contributed by atoms with E-state index in [1.807, 2.05) is 0 Å². The van der Waals surface area contributed by atoms with Crippen LogP contribution in [0.25, 0.3) is 0 Å². The lowest BCUT2D eigenvalue weighted by molar-refractivity contribution is -0.148. The van der Waals surface area contributed by atoms with Crippen molar-refractivity contribution in [1.82, 2.24) is 20.3 Å². The third-order valence-electron chi connectivity index (χ3n) is 3.38. The molecule has 1 aliphatic rings. The van der Waals surface area contributed by atoms with Crippen LogP contribution in [0, 0.1) is 5.41 Å². The van der Waals surface area contributed by atoms with Gasteiger partial charge in [-0.15, -0.1) is 5.10 Å². The van der Waals surface area contributed by atoms with E-state index >= 15 is 0 Å². The summed E-state index contributed by atoms with van der Waals surface area (Å²) in [6.07, 6.45) is 1.47. The van der Waals surface area contributed by atoms with Gasteiger partial charge in [-0.25, -0.2) is 0 Å². The fourth-order valence-electron chi connectivity index (χ4n) is 1.96. The highest BCUT2D eigenvalue weighted by Crippen LogP contribution is 2.28. The average molecular weight is 283 g/mol. The number of carbonyl (C=O) groups excluding carboxylic acids is 1. The van der Waals surface area contributed by atoms with Crippen LogP contribution in [0.1, 0.15) is 17.4 Å². The summed E-state index contributed by atoms with van der Waals surface area (Å²) < 4.78 is 6.62. The summed E-state index contributed by atoms with van der Waals surface area (Å²) in [6.45, 7) is 2.61. The standard InChI is InChI=1S/C11H17N5O4/c1-11(10(18)19)6-20-5-8(11)13-9(17)7-4-16(3-2-12)15-14-7/h4,8H,2-3,5-6,12H2,1H3,(H,13,17)(H,18,19). The van der Waals surface area contributed by atoms with Crippen LogP contribution < -0.4 is 11.1 Å². The summed E-state index contributed by atoms with van der Waals surface area (Å²) in [5.41, 5.74) is 4.36. The van der Waals surface area contributed by atoms with E-state index < -0.39 is 23.3 Å². The molecule has 9 nitrogen and oxygen atoms in total. The maximum Gasteiger partial charge on any atom is 0.313 e. The zero-order chi connectivity index (χ0) is 14.8. The number of aliphatic carboxylic acids is 1. The number of carbonyl (C=O) groups is 2. The summed E-state index contributed by atoms with van der Waals surface area (Å²) in [5.74, 6) is -1.48. The Hall–Kier alpha value is -2.00. The van der Waals surface area contributed by atoms with Crippen molar-refractivity contribution in [3.05, 3.63) is 11.9 Å². The van der Waals surface area contributed by atoms with E-state index in [0.717, 1.165) is 0 Å². The van der Waals surface area contributed by atoms with Crippen LogP contribution >= 0.6 is 0 Å². The maximum atomic E-state index is 12.0. The van der Waals surface area contributed by atoms with Crippen molar-refractivity contribution in [3.8, 4) is 0 Å². The van der Waals surface area contributed by atoms with Gasteiger partial charge in [0.15, 0.2) is 5.69 Å². The van der Waals surface area contributed by atoms with Crippen LogP contribution in [-0.4, -0.2) is 57.8 Å². The monoisotopic (exact) mass is 283 g/mol. The Morgan fingerprint density at radius 1 is 1.70 bits per heavy atom. The lowest BCUT2D eigenvalue weighted by atomic mass is 9.85. The van der Waals surface area contributed by atoms with E-state index in [4.69, 9.17) is 10.5 Å². The van der Waals surface area contributed by atoms with Crippen LogP contribution in [0.2, 0.25) is 0 Å². The molecule has 2 atom stereocenters. The second-order valence-corrected chi connectivity index (χ2v) is 4.92. The molecule has 9 heteroatoms. The largest absolute Gasteiger partial charge is 0.481 e. The van der Waals surface area contributed by atoms with Gasteiger partial charge in [-0.05, 0) is 6.92 Å². The fourth-order valence-corrected chi connectivity index (χ4v) is 1.96. The van der Waals surface area contributed by atoms with Gasteiger partial charge in [0, 0.05) is 6.54 Å². The Morgan fingerprint density at radius 3 is 3.10 bits per heavy atom. The first kappa shape index (κ1) is 14.4. The first-order valence-corrected chi connectivity index (χ1v) is 6.19. The van der Waals surface area contributed by atoms with Gasteiger partial charge >= 0.3 is 5.97 Å². The van der Waals surface area contributed by atoms with Gasteiger partial charge in [-0.1, -0.05) is 5.21 Å². The van der Waals surface area contributed by atoms with E-state index in [-0.39, 0.29) is 18.9 Å². The molecule has 1 aromatic heterocycles. The molecule has 2 rings (SSSR count). The molecule has 1 aromatic rings. The molecule has 1 amide bonds. The van der Waals surface area contributed by atoms with Crippen LogP contribution in [0.15, 0.2) is 6.20 Å². The van der Waals surface area contributed by atoms with Crippen LogP contribution in [0.4, 0.5) is 0 Å². The second-order valence-electron chi connectivity index (χ2n) is 4.92. The number of hydrogen-bond acceptors (Lipinski definition) is 6. The molecular weight excluding hydrogens is 266 g/mol. The van der Waals surface area contributed by atoms with Gasteiger partial charge < -0.3 is 20.9 Å². The highest BCUT2D eigenvalue weighted by atomic mass is 16.5. The van der Waals surface area contributed by atoms with Gasteiger partial charge in [-0.2, -0.15) is 0 Å². The lowest BCUT2D eigenvalue weighted by Gasteiger charge is -2.24. The maximum absolute atomic E-state index is 12.0. The molecular formula is C11H17N5O4. The number of nitrogens with two attached hydrogens (primary N) is 1. The molecule has 0 bridgehead atoms. The van der Waals surface area contributed by atoms with Crippen LogP contribution in [-0.2, 0) is 16.1 Å². The van der Waals surface area contributed by atoms with Gasteiger partial charge in [0.1, 0.15) is 5.41 Å². The summed E-state index contributed by atoms with van der Waals surface area (Å²) in [4.78, 5) is 23.3. The van der Waals surface area contributed by atoms with Gasteiger partial charge in [0.05, 0.1) is 32.0 Å². The van der Waals surface area contributed by atoms with Crippen molar-refractivity contribution < 1.29 is 19.4 Å². The molecule has 1 fully saturated rings. The van der Waals surface area contributed by atoms with E-state index in [1.165, 1.54) is 10.9 Å². The molecule has 1 aliphatic heterocycles. The Balaban J connectivity index is 2.05. The molecule has 0 spiro atoms. The van der Waals surface area contributed by atoms with Gasteiger partial charge in [-0.3, -0.25) is 14.3 Å². The van der Waals surface area contributed by atoms with Crippen molar-refractivity contribution in [2.75, 3.05) is 19.8 Å². The minimum Gasteiger partial charge on any atom is -0.481 e.